The van der Waals surface area contributed by atoms with Crippen LogP contribution in [0.25, 0.3) is 11.0 Å². The lowest BCUT2D eigenvalue weighted by atomic mass is 10.1. The number of aryl methyl sites for hydroxylation is 1. The molecule has 1 N–H and O–H groups in total. The summed E-state index contributed by atoms with van der Waals surface area (Å²) in [5, 5.41) is 2.30. The molecule has 0 spiro atoms. The topological polar surface area (TPSA) is 73.1 Å². The number of hydrogen-bond donors (Lipinski definition) is 1. The van der Waals surface area contributed by atoms with Gasteiger partial charge in [0.1, 0.15) is 6.04 Å². The first-order chi connectivity index (χ1) is 11.4. The summed E-state index contributed by atoms with van der Waals surface area (Å²) in [5.41, 5.74) is 1.95. The molecule has 124 valence electrons. The molecule has 1 unspecified atom stereocenters. The van der Waals surface area contributed by atoms with Gasteiger partial charge in [-0.15, -0.1) is 0 Å². The van der Waals surface area contributed by atoms with E-state index in [2.05, 4.69) is 17.2 Å². The monoisotopic (exact) mass is 325 g/mol. The lowest BCUT2D eigenvalue weighted by Crippen LogP contribution is -2.44. The third kappa shape index (κ3) is 2.73. The van der Waals surface area contributed by atoms with E-state index in [1.165, 1.54) is 9.13 Å². The summed E-state index contributed by atoms with van der Waals surface area (Å²) in [5.74, 6) is 5.72. The number of fused-ring (bicyclic) bond motifs is 1. The number of nitrogens with zero attached hydrogens (tertiary/aromatic N) is 2. The van der Waals surface area contributed by atoms with E-state index in [0.717, 1.165) is 11.1 Å². The van der Waals surface area contributed by atoms with E-state index < -0.39 is 11.9 Å². The molecule has 6 heteroatoms. The number of carbonyl (C=O) groups excluding carboxylic acids is 2. The van der Waals surface area contributed by atoms with E-state index in [0.29, 0.717) is 11.9 Å². The Morgan fingerprint density at radius 1 is 1.21 bits per heavy atom. The maximum absolute atomic E-state index is 12.6. The van der Waals surface area contributed by atoms with Gasteiger partial charge in [0.05, 0.1) is 11.0 Å². The first-order valence-electron chi connectivity index (χ1n) is 7.94. The minimum Gasteiger partial charge on any atom is -0.295 e. The number of rotatable bonds is 1. The van der Waals surface area contributed by atoms with Crippen molar-refractivity contribution in [2.45, 2.75) is 32.7 Å². The van der Waals surface area contributed by atoms with Crippen LogP contribution in [0.4, 0.5) is 0 Å². The molecule has 2 heterocycles. The second-order valence-corrected chi connectivity index (χ2v) is 6.31. The number of aromatic nitrogens is 2. The average Bonchev–Trinajstić information content (AvgIpc) is 2.77. The zero-order valence-corrected chi connectivity index (χ0v) is 13.9. The zero-order chi connectivity index (χ0) is 17.4. The molecular weight excluding hydrogens is 306 g/mol. The third-order valence-electron chi connectivity index (χ3n) is 4.12. The van der Waals surface area contributed by atoms with Gasteiger partial charge in [0.2, 0.25) is 11.8 Å². The second kappa shape index (κ2) is 6.00. The van der Waals surface area contributed by atoms with Gasteiger partial charge in [-0.25, -0.2) is 4.79 Å². The SMILES string of the molecule is CC(C)C#Cc1ccc2c(c1)n(C)c(=O)n2C1CCC(=O)NC1=O. The van der Waals surface area contributed by atoms with Gasteiger partial charge in [-0.1, -0.05) is 25.7 Å². The fourth-order valence-electron chi connectivity index (χ4n) is 2.90. The highest BCUT2D eigenvalue weighted by molar-refractivity contribution is 6.00. The molecule has 1 aliphatic heterocycles. The first kappa shape index (κ1) is 16.1. The normalized spacial score (nSPS) is 17.8. The number of amides is 2. The molecule has 2 amide bonds. The summed E-state index contributed by atoms with van der Waals surface area (Å²) in [4.78, 5) is 36.1. The van der Waals surface area contributed by atoms with Crippen LogP contribution >= 0.6 is 0 Å². The molecule has 24 heavy (non-hydrogen) atoms. The predicted molar refractivity (Wildman–Crippen MR) is 90.3 cm³/mol. The van der Waals surface area contributed by atoms with Crippen LogP contribution in [-0.4, -0.2) is 20.9 Å². The van der Waals surface area contributed by atoms with Crippen molar-refractivity contribution in [3.05, 3.63) is 34.2 Å². The van der Waals surface area contributed by atoms with Crippen LogP contribution < -0.4 is 11.0 Å². The van der Waals surface area contributed by atoms with Crippen LogP contribution in [-0.2, 0) is 16.6 Å². The van der Waals surface area contributed by atoms with E-state index in [4.69, 9.17) is 0 Å². The number of hydrogen-bond acceptors (Lipinski definition) is 3. The molecule has 0 radical (unpaired) electrons. The smallest absolute Gasteiger partial charge is 0.295 e. The first-order valence-corrected chi connectivity index (χ1v) is 7.94. The highest BCUT2D eigenvalue weighted by Gasteiger charge is 2.31. The van der Waals surface area contributed by atoms with Gasteiger partial charge in [0, 0.05) is 24.9 Å². The van der Waals surface area contributed by atoms with E-state index in [-0.39, 0.29) is 23.9 Å². The van der Waals surface area contributed by atoms with Gasteiger partial charge in [0.15, 0.2) is 0 Å². The Balaban J connectivity index is 2.12. The highest BCUT2D eigenvalue weighted by atomic mass is 16.2. The van der Waals surface area contributed by atoms with Gasteiger partial charge in [-0.2, -0.15) is 0 Å². The van der Waals surface area contributed by atoms with E-state index in [1.54, 1.807) is 7.05 Å². The maximum Gasteiger partial charge on any atom is 0.329 e. The van der Waals surface area contributed by atoms with Gasteiger partial charge in [-0.3, -0.25) is 24.0 Å². The molecule has 1 aromatic heterocycles. The van der Waals surface area contributed by atoms with Crippen molar-refractivity contribution in [1.82, 2.24) is 14.5 Å². The Morgan fingerprint density at radius 3 is 2.62 bits per heavy atom. The van der Waals surface area contributed by atoms with Crippen molar-refractivity contribution in [3.63, 3.8) is 0 Å². The Morgan fingerprint density at radius 2 is 1.96 bits per heavy atom. The highest BCUT2D eigenvalue weighted by Crippen LogP contribution is 2.23. The molecule has 1 aliphatic rings. The molecule has 2 aromatic rings. The average molecular weight is 325 g/mol. The molecule has 3 rings (SSSR count). The Hall–Kier alpha value is -2.81. The Labute approximate surface area is 139 Å². The summed E-state index contributed by atoms with van der Waals surface area (Å²) in [7, 11) is 1.67. The predicted octanol–water partition coefficient (Wildman–Crippen LogP) is 1.33. The second-order valence-electron chi connectivity index (χ2n) is 6.31. The minimum absolute atomic E-state index is 0.233. The number of piperidine rings is 1. The third-order valence-corrected chi connectivity index (χ3v) is 4.12. The largest absolute Gasteiger partial charge is 0.329 e. The van der Waals surface area contributed by atoms with Crippen LogP contribution in [0.2, 0.25) is 0 Å². The minimum atomic E-state index is -0.661. The molecular formula is C18H19N3O3. The van der Waals surface area contributed by atoms with Crippen LogP contribution in [0.5, 0.6) is 0 Å². The summed E-state index contributed by atoms with van der Waals surface area (Å²) in [6.07, 6.45) is 0.565. The van der Waals surface area contributed by atoms with Crippen LogP contribution in [0, 0.1) is 17.8 Å². The number of nitrogens with one attached hydrogen (secondary N) is 1. The maximum atomic E-state index is 12.6. The van der Waals surface area contributed by atoms with Crippen LogP contribution in [0.3, 0.4) is 0 Å². The number of benzene rings is 1. The lowest BCUT2D eigenvalue weighted by molar-refractivity contribution is -0.135. The molecule has 1 fully saturated rings. The summed E-state index contributed by atoms with van der Waals surface area (Å²) in [6, 6.07) is 4.85. The Kier molecular flexibility index (Phi) is 4.02. The van der Waals surface area contributed by atoms with Crippen molar-refractivity contribution >= 4 is 22.8 Å². The van der Waals surface area contributed by atoms with Crippen LogP contribution in [0.15, 0.2) is 23.0 Å². The fraction of sp³-hybridized carbons (Fsp3) is 0.389. The quantitative estimate of drug-likeness (QED) is 0.635. The zero-order valence-electron chi connectivity index (χ0n) is 13.9. The summed E-state index contributed by atoms with van der Waals surface area (Å²) < 4.78 is 2.98. The number of imidazole rings is 1. The van der Waals surface area contributed by atoms with Gasteiger partial charge in [0.25, 0.3) is 0 Å². The van der Waals surface area contributed by atoms with Gasteiger partial charge in [-0.05, 0) is 24.6 Å². The lowest BCUT2D eigenvalue weighted by Gasteiger charge is -2.21. The van der Waals surface area contributed by atoms with E-state index >= 15 is 0 Å². The summed E-state index contributed by atoms with van der Waals surface area (Å²) in [6.45, 7) is 4.03. The van der Waals surface area contributed by atoms with E-state index in [1.807, 2.05) is 32.0 Å². The van der Waals surface area contributed by atoms with Crippen molar-refractivity contribution in [1.29, 1.82) is 0 Å². The van der Waals surface area contributed by atoms with Crippen LogP contribution in [0.1, 0.15) is 38.3 Å². The van der Waals surface area contributed by atoms with E-state index in [9.17, 15) is 14.4 Å². The van der Waals surface area contributed by atoms with Crippen molar-refractivity contribution < 1.29 is 9.59 Å². The molecule has 1 saturated heterocycles. The molecule has 0 bridgehead atoms. The fourth-order valence-corrected chi connectivity index (χ4v) is 2.90. The molecule has 1 aromatic carbocycles. The summed E-state index contributed by atoms with van der Waals surface area (Å²) >= 11 is 0. The molecule has 0 saturated carbocycles. The van der Waals surface area contributed by atoms with Crippen molar-refractivity contribution in [3.8, 4) is 11.8 Å². The molecule has 6 nitrogen and oxygen atoms in total. The van der Waals surface area contributed by atoms with Crippen molar-refractivity contribution in [2.75, 3.05) is 0 Å². The standard InChI is InChI=1S/C18H19N3O3/c1-11(2)4-5-12-6-7-13-15(10-12)20(3)18(24)21(13)14-8-9-16(22)19-17(14)23/h6-7,10-11,14H,8-9H2,1-3H3,(H,19,22,23). The molecule has 1 atom stereocenters. The number of carbonyl (C=O) groups is 2. The Bertz CT molecular complexity index is 954. The van der Waals surface area contributed by atoms with Gasteiger partial charge < -0.3 is 0 Å². The van der Waals surface area contributed by atoms with Gasteiger partial charge >= 0.3 is 5.69 Å². The molecule has 0 aliphatic carbocycles. The number of imide groups is 1. The van der Waals surface area contributed by atoms with Crippen molar-refractivity contribution in [2.24, 2.45) is 13.0 Å².